The first-order valence-corrected chi connectivity index (χ1v) is 5.53. The van der Waals surface area contributed by atoms with Gasteiger partial charge in [-0.25, -0.2) is 15.2 Å². The fourth-order valence-electron chi connectivity index (χ4n) is 1.31. The van der Waals surface area contributed by atoms with Crippen molar-refractivity contribution < 1.29 is 9.18 Å². The molecule has 0 fully saturated rings. The van der Waals surface area contributed by atoms with Crippen LogP contribution in [0.1, 0.15) is 10.5 Å². The first-order valence-electron chi connectivity index (χ1n) is 5.15. The number of aromatic nitrogens is 2. The van der Waals surface area contributed by atoms with Crippen LogP contribution in [0.4, 0.5) is 15.9 Å². The fourth-order valence-corrected chi connectivity index (χ4v) is 1.49. The van der Waals surface area contributed by atoms with Crippen LogP contribution in [0.2, 0.25) is 5.02 Å². The second-order valence-electron chi connectivity index (χ2n) is 3.52. The number of hydrazine groups is 1. The molecule has 1 heterocycles. The Balaban J connectivity index is 2.18. The van der Waals surface area contributed by atoms with E-state index in [1.807, 2.05) is 0 Å². The molecule has 0 aliphatic carbocycles. The van der Waals surface area contributed by atoms with Crippen molar-refractivity contribution in [3.8, 4) is 0 Å². The van der Waals surface area contributed by atoms with E-state index in [0.29, 0.717) is 5.69 Å². The number of benzene rings is 1. The van der Waals surface area contributed by atoms with Crippen molar-refractivity contribution in [2.24, 2.45) is 5.84 Å². The Kier molecular flexibility index (Phi) is 3.88. The average molecular weight is 282 g/mol. The van der Waals surface area contributed by atoms with Crippen LogP contribution in [0.5, 0.6) is 0 Å². The van der Waals surface area contributed by atoms with Crippen LogP contribution in [0, 0.1) is 5.82 Å². The van der Waals surface area contributed by atoms with Gasteiger partial charge in [0.2, 0.25) is 0 Å². The van der Waals surface area contributed by atoms with Gasteiger partial charge in [0.1, 0.15) is 11.5 Å². The predicted molar refractivity (Wildman–Crippen MR) is 69.2 cm³/mol. The molecule has 2 rings (SSSR count). The average Bonchev–Trinajstić information content (AvgIpc) is 2.43. The maximum absolute atomic E-state index is 13.0. The number of amides is 1. The SMILES string of the molecule is NNc1cncc(C(=O)Nc2ccc(F)c(Cl)c2)n1. The molecule has 98 valence electrons. The van der Waals surface area contributed by atoms with Gasteiger partial charge in [0.15, 0.2) is 5.82 Å². The van der Waals surface area contributed by atoms with Crippen LogP contribution in [0.25, 0.3) is 0 Å². The molecule has 1 aromatic carbocycles. The third-order valence-corrected chi connectivity index (χ3v) is 2.48. The maximum atomic E-state index is 13.0. The summed E-state index contributed by atoms with van der Waals surface area (Å²) in [5.74, 6) is 4.35. The van der Waals surface area contributed by atoms with Gasteiger partial charge in [-0.05, 0) is 18.2 Å². The number of nitrogens with two attached hydrogens (primary N) is 1. The van der Waals surface area contributed by atoms with Crippen molar-refractivity contribution >= 4 is 29.0 Å². The third kappa shape index (κ3) is 3.15. The Bertz CT molecular complexity index is 622. The Morgan fingerprint density at radius 2 is 2.16 bits per heavy atom. The molecule has 1 aromatic heterocycles. The van der Waals surface area contributed by atoms with Crippen LogP contribution in [0.3, 0.4) is 0 Å². The molecule has 8 heteroatoms. The van der Waals surface area contributed by atoms with Crippen molar-refractivity contribution in [2.45, 2.75) is 0 Å². The van der Waals surface area contributed by atoms with E-state index in [9.17, 15) is 9.18 Å². The van der Waals surface area contributed by atoms with Crippen molar-refractivity contribution in [1.82, 2.24) is 9.97 Å². The van der Waals surface area contributed by atoms with E-state index in [1.165, 1.54) is 24.5 Å². The largest absolute Gasteiger partial charge is 0.321 e. The Morgan fingerprint density at radius 1 is 1.37 bits per heavy atom. The molecule has 0 spiro atoms. The summed E-state index contributed by atoms with van der Waals surface area (Å²) in [5.41, 5.74) is 2.70. The minimum Gasteiger partial charge on any atom is -0.321 e. The number of anilines is 2. The van der Waals surface area contributed by atoms with Crippen molar-refractivity contribution in [3.63, 3.8) is 0 Å². The van der Waals surface area contributed by atoms with E-state index in [-0.39, 0.29) is 16.5 Å². The molecule has 19 heavy (non-hydrogen) atoms. The second-order valence-corrected chi connectivity index (χ2v) is 3.92. The molecular formula is C11H9ClFN5O. The monoisotopic (exact) mass is 281 g/mol. The third-order valence-electron chi connectivity index (χ3n) is 2.19. The topological polar surface area (TPSA) is 92.9 Å². The highest BCUT2D eigenvalue weighted by molar-refractivity contribution is 6.31. The van der Waals surface area contributed by atoms with E-state index in [2.05, 4.69) is 20.7 Å². The molecule has 0 atom stereocenters. The number of nitrogens with zero attached hydrogens (tertiary/aromatic N) is 2. The van der Waals surface area contributed by atoms with Crippen LogP contribution in [0.15, 0.2) is 30.6 Å². The molecule has 2 aromatic rings. The van der Waals surface area contributed by atoms with Gasteiger partial charge < -0.3 is 10.7 Å². The van der Waals surface area contributed by atoms with E-state index in [4.69, 9.17) is 17.4 Å². The summed E-state index contributed by atoms with van der Waals surface area (Å²) in [5, 5.41) is 2.43. The molecule has 0 saturated carbocycles. The van der Waals surface area contributed by atoms with Gasteiger partial charge in [-0.2, -0.15) is 0 Å². The number of hydrogen-bond donors (Lipinski definition) is 3. The minimum absolute atomic E-state index is 0.0656. The van der Waals surface area contributed by atoms with Crippen LogP contribution in [-0.2, 0) is 0 Å². The zero-order chi connectivity index (χ0) is 13.8. The lowest BCUT2D eigenvalue weighted by molar-refractivity contribution is 0.102. The standard InChI is InChI=1S/C11H9ClFN5O/c12-7-3-6(1-2-8(7)13)16-11(19)9-4-15-5-10(17-9)18-14/h1-5H,14H2,(H,16,19)(H,17,18). The van der Waals surface area contributed by atoms with Crippen LogP contribution in [-0.4, -0.2) is 15.9 Å². The van der Waals surface area contributed by atoms with E-state index in [0.717, 1.165) is 6.07 Å². The van der Waals surface area contributed by atoms with Gasteiger partial charge in [-0.1, -0.05) is 11.6 Å². The highest BCUT2D eigenvalue weighted by Crippen LogP contribution is 2.19. The maximum Gasteiger partial charge on any atom is 0.275 e. The summed E-state index contributed by atoms with van der Waals surface area (Å²) in [4.78, 5) is 19.6. The number of nitrogen functional groups attached to an aromatic ring is 1. The zero-order valence-corrected chi connectivity index (χ0v) is 10.3. The number of halogens is 2. The number of carbonyl (C=O) groups is 1. The molecule has 6 nitrogen and oxygen atoms in total. The van der Waals surface area contributed by atoms with Crippen LogP contribution >= 0.6 is 11.6 Å². The Hall–Kier alpha value is -2.25. The van der Waals surface area contributed by atoms with Crippen molar-refractivity contribution in [2.75, 3.05) is 10.7 Å². The molecule has 0 radical (unpaired) electrons. The number of hydrogen-bond acceptors (Lipinski definition) is 5. The molecule has 0 saturated heterocycles. The van der Waals surface area contributed by atoms with Crippen LogP contribution < -0.4 is 16.6 Å². The summed E-state index contributed by atoms with van der Waals surface area (Å²) >= 11 is 5.61. The lowest BCUT2D eigenvalue weighted by atomic mass is 10.3. The molecular weight excluding hydrogens is 273 g/mol. The summed E-state index contributed by atoms with van der Waals surface area (Å²) in [6.07, 6.45) is 2.65. The summed E-state index contributed by atoms with van der Waals surface area (Å²) < 4.78 is 13.0. The van der Waals surface area contributed by atoms with Gasteiger partial charge in [0.25, 0.3) is 5.91 Å². The van der Waals surface area contributed by atoms with E-state index >= 15 is 0 Å². The normalized spacial score (nSPS) is 10.1. The number of nitrogens with one attached hydrogen (secondary N) is 2. The highest BCUT2D eigenvalue weighted by Gasteiger charge is 2.10. The Morgan fingerprint density at radius 3 is 2.84 bits per heavy atom. The summed E-state index contributed by atoms with van der Waals surface area (Å²) in [6, 6.07) is 3.84. The predicted octanol–water partition coefficient (Wildman–Crippen LogP) is 1.81. The van der Waals surface area contributed by atoms with E-state index < -0.39 is 11.7 Å². The molecule has 0 aliphatic heterocycles. The van der Waals surface area contributed by atoms with Crippen molar-refractivity contribution in [3.05, 3.63) is 47.1 Å². The molecule has 0 unspecified atom stereocenters. The highest BCUT2D eigenvalue weighted by atomic mass is 35.5. The number of carbonyl (C=O) groups excluding carboxylic acids is 1. The lowest BCUT2D eigenvalue weighted by Gasteiger charge is -2.06. The number of rotatable bonds is 3. The van der Waals surface area contributed by atoms with Crippen molar-refractivity contribution in [1.29, 1.82) is 0 Å². The van der Waals surface area contributed by atoms with Gasteiger partial charge in [-0.15, -0.1) is 0 Å². The smallest absolute Gasteiger partial charge is 0.275 e. The van der Waals surface area contributed by atoms with Gasteiger partial charge in [-0.3, -0.25) is 9.78 Å². The molecule has 0 bridgehead atoms. The minimum atomic E-state index is -0.561. The van der Waals surface area contributed by atoms with Gasteiger partial charge in [0, 0.05) is 5.69 Å². The summed E-state index contributed by atoms with van der Waals surface area (Å²) in [6.45, 7) is 0. The fraction of sp³-hybridized carbons (Fsp3) is 0. The first kappa shape index (κ1) is 13.2. The molecule has 4 N–H and O–H groups in total. The Labute approximate surface area is 112 Å². The quantitative estimate of drug-likeness (QED) is 0.589. The molecule has 0 aliphatic rings. The first-order chi connectivity index (χ1) is 9.10. The molecule has 1 amide bonds. The lowest BCUT2D eigenvalue weighted by Crippen LogP contribution is -2.16. The van der Waals surface area contributed by atoms with Gasteiger partial charge in [0.05, 0.1) is 17.4 Å². The second kappa shape index (κ2) is 5.59. The zero-order valence-electron chi connectivity index (χ0n) is 9.52. The van der Waals surface area contributed by atoms with E-state index in [1.54, 1.807) is 0 Å². The van der Waals surface area contributed by atoms with Gasteiger partial charge >= 0.3 is 0 Å². The summed E-state index contributed by atoms with van der Waals surface area (Å²) in [7, 11) is 0.